The molecule has 0 spiro atoms. The minimum atomic E-state index is -0.906. The molecule has 1 fully saturated rings. The van der Waals surface area contributed by atoms with Crippen molar-refractivity contribution < 1.29 is 24.2 Å². The first kappa shape index (κ1) is 20.7. The van der Waals surface area contributed by atoms with Gasteiger partial charge in [-0.15, -0.1) is 0 Å². The molecular formula is C23H27NO5. The summed E-state index contributed by atoms with van der Waals surface area (Å²) in [6.07, 6.45) is 2.58. The van der Waals surface area contributed by atoms with Gasteiger partial charge >= 0.3 is 5.97 Å². The van der Waals surface area contributed by atoms with Crippen molar-refractivity contribution >= 4 is 11.9 Å². The smallest absolute Gasteiger partial charge is 0.308 e. The van der Waals surface area contributed by atoms with Crippen molar-refractivity contribution in [3.05, 3.63) is 59.7 Å². The lowest BCUT2D eigenvalue weighted by Gasteiger charge is -2.17. The van der Waals surface area contributed by atoms with Crippen LogP contribution < -0.4 is 9.47 Å². The molecule has 0 saturated carbocycles. The Hall–Kier alpha value is -3.02. The van der Waals surface area contributed by atoms with Crippen LogP contribution in [0.2, 0.25) is 0 Å². The monoisotopic (exact) mass is 397 g/mol. The average Bonchev–Trinajstić information content (AvgIpc) is 3.11. The molecule has 0 bridgehead atoms. The van der Waals surface area contributed by atoms with Crippen LogP contribution in [-0.4, -0.2) is 48.7 Å². The number of rotatable bonds is 10. The Balaban J connectivity index is 1.53. The third-order valence-electron chi connectivity index (χ3n) is 5.17. The van der Waals surface area contributed by atoms with Crippen molar-refractivity contribution in [3.8, 4) is 11.5 Å². The SMILES string of the molecule is COc1ccc(CCN2CC(C(=O)O)CC2=O)cc1OCCCc1ccccc1. The average molecular weight is 397 g/mol. The number of ether oxygens (including phenoxy) is 2. The number of carbonyl (C=O) groups excluding carboxylic acids is 1. The summed E-state index contributed by atoms with van der Waals surface area (Å²) in [6, 6.07) is 16.0. The third-order valence-corrected chi connectivity index (χ3v) is 5.17. The van der Waals surface area contributed by atoms with Gasteiger partial charge in [-0.2, -0.15) is 0 Å². The van der Waals surface area contributed by atoms with Crippen LogP contribution in [0.1, 0.15) is 24.0 Å². The summed E-state index contributed by atoms with van der Waals surface area (Å²) in [5, 5.41) is 9.09. The summed E-state index contributed by atoms with van der Waals surface area (Å²) in [5.41, 5.74) is 2.31. The molecule has 1 heterocycles. The van der Waals surface area contributed by atoms with Gasteiger partial charge in [-0.1, -0.05) is 36.4 Å². The van der Waals surface area contributed by atoms with E-state index >= 15 is 0 Å². The van der Waals surface area contributed by atoms with Crippen LogP contribution in [0.15, 0.2) is 48.5 Å². The second-order valence-electron chi connectivity index (χ2n) is 7.25. The molecule has 29 heavy (non-hydrogen) atoms. The Kier molecular flexibility index (Phi) is 7.11. The van der Waals surface area contributed by atoms with Gasteiger partial charge in [-0.05, 0) is 42.5 Å². The zero-order chi connectivity index (χ0) is 20.6. The van der Waals surface area contributed by atoms with Crippen molar-refractivity contribution in [1.29, 1.82) is 0 Å². The second kappa shape index (κ2) is 9.96. The van der Waals surface area contributed by atoms with Gasteiger partial charge in [-0.25, -0.2) is 0 Å². The molecule has 0 aliphatic carbocycles. The van der Waals surface area contributed by atoms with Gasteiger partial charge in [0, 0.05) is 19.5 Å². The van der Waals surface area contributed by atoms with E-state index in [9.17, 15) is 9.59 Å². The second-order valence-corrected chi connectivity index (χ2v) is 7.25. The fraction of sp³-hybridized carbons (Fsp3) is 0.391. The molecule has 154 valence electrons. The molecule has 0 radical (unpaired) electrons. The Bertz CT molecular complexity index is 836. The largest absolute Gasteiger partial charge is 0.493 e. The lowest BCUT2D eigenvalue weighted by molar-refractivity contribution is -0.141. The minimum Gasteiger partial charge on any atom is -0.493 e. The highest BCUT2D eigenvalue weighted by Gasteiger charge is 2.33. The quantitative estimate of drug-likeness (QED) is 0.623. The summed E-state index contributed by atoms with van der Waals surface area (Å²) in [5.74, 6) is -0.229. The van der Waals surface area contributed by atoms with Crippen LogP contribution in [0.4, 0.5) is 0 Å². The lowest BCUT2D eigenvalue weighted by Crippen LogP contribution is -2.28. The molecule has 1 aliphatic rings. The molecule has 1 N–H and O–H groups in total. The number of nitrogens with zero attached hydrogens (tertiary/aromatic N) is 1. The first-order valence-corrected chi connectivity index (χ1v) is 9.91. The van der Waals surface area contributed by atoms with Gasteiger partial charge in [0.1, 0.15) is 0 Å². The number of methoxy groups -OCH3 is 1. The maximum atomic E-state index is 12.0. The van der Waals surface area contributed by atoms with E-state index < -0.39 is 11.9 Å². The van der Waals surface area contributed by atoms with Gasteiger partial charge in [0.25, 0.3) is 0 Å². The van der Waals surface area contributed by atoms with Crippen LogP contribution in [0.3, 0.4) is 0 Å². The van der Waals surface area contributed by atoms with E-state index in [1.807, 2.05) is 36.4 Å². The fourth-order valence-corrected chi connectivity index (χ4v) is 3.51. The van der Waals surface area contributed by atoms with Gasteiger partial charge in [-0.3, -0.25) is 9.59 Å². The number of aryl methyl sites for hydroxylation is 1. The van der Waals surface area contributed by atoms with E-state index in [4.69, 9.17) is 14.6 Å². The summed E-state index contributed by atoms with van der Waals surface area (Å²) in [4.78, 5) is 24.7. The molecule has 6 nitrogen and oxygen atoms in total. The maximum Gasteiger partial charge on any atom is 0.308 e. The van der Waals surface area contributed by atoms with Gasteiger partial charge in [0.15, 0.2) is 11.5 Å². The molecular weight excluding hydrogens is 370 g/mol. The molecule has 1 unspecified atom stereocenters. The Morgan fingerprint density at radius 1 is 1.10 bits per heavy atom. The number of carbonyl (C=O) groups is 2. The third kappa shape index (κ3) is 5.73. The first-order chi connectivity index (χ1) is 14.1. The van der Waals surface area contributed by atoms with E-state index in [1.54, 1.807) is 12.0 Å². The Labute approximate surface area is 171 Å². The van der Waals surface area contributed by atoms with Crippen molar-refractivity contribution in [1.82, 2.24) is 4.90 Å². The number of amides is 1. The van der Waals surface area contributed by atoms with Crippen molar-refractivity contribution in [2.24, 2.45) is 5.92 Å². The number of carboxylic acids is 1. The number of benzene rings is 2. The summed E-state index contributed by atoms with van der Waals surface area (Å²) in [7, 11) is 1.61. The topological polar surface area (TPSA) is 76.1 Å². The molecule has 6 heteroatoms. The van der Waals surface area contributed by atoms with E-state index in [0.29, 0.717) is 31.1 Å². The van der Waals surface area contributed by atoms with E-state index in [2.05, 4.69) is 12.1 Å². The molecule has 1 atom stereocenters. The van der Waals surface area contributed by atoms with E-state index in [-0.39, 0.29) is 18.9 Å². The van der Waals surface area contributed by atoms with Crippen molar-refractivity contribution in [2.75, 3.05) is 26.8 Å². The number of likely N-dealkylation sites (tertiary alicyclic amines) is 1. The van der Waals surface area contributed by atoms with Crippen LogP contribution in [0, 0.1) is 5.92 Å². The number of hydrogen-bond donors (Lipinski definition) is 1. The van der Waals surface area contributed by atoms with Crippen molar-refractivity contribution in [2.45, 2.75) is 25.7 Å². The molecule has 0 aromatic heterocycles. The van der Waals surface area contributed by atoms with E-state index in [0.717, 1.165) is 18.4 Å². The minimum absolute atomic E-state index is 0.0910. The summed E-state index contributed by atoms with van der Waals surface area (Å²) in [6.45, 7) is 1.37. The van der Waals surface area contributed by atoms with E-state index in [1.165, 1.54) is 5.56 Å². The molecule has 3 rings (SSSR count). The van der Waals surface area contributed by atoms with Crippen LogP contribution in [-0.2, 0) is 22.4 Å². The normalized spacial score (nSPS) is 16.1. The number of carboxylic acid groups (broad SMARTS) is 1. The highest BCUT2D eigenvalue weighted by Crippen LogP contribution is 2.29. The zero-order valence-electron chi connectivity index (χ0n) is 16.7. The summed E-state index contributed by atoms with van der Waals surface area (Å²) < 4.78 is 11.3. The molecule has 1 amide bonds. The van der Waals surface area contributed by atoms with Crippen LogP contribution >= 0.6 is 0 Å². The highest BCUT2D eigenvalue weighted by atomic mass is 16.5. The summed E-state index contributed by atoms with van der Waals surface area (Å²) >= 11 is 0. The van der Waals surface area contributed by atoms with Gasteiger partial charge in [0.2, 0.25) is 5.91 Å². The first-order valence-electron chi connectivity index (χ1n) is 9.91. The van der Waals surface area contributed by atoms with Gasteiger partial charge < -0.3 is 19.5 Å². The molecule has 1 saturated heterocycles. The Morgan fingerprint density at radius 3 is 2.59 bits per heavy atom. The molecule has 2 aromatic carbocycles. The predicted octanol–water partition coefficient (Wildman–Crippen LogP) is 3.18. The Morgan fingerprint density at radius 2 is 1.90 bits per heavy atom. The highest BCUT2D eigenvalue weighted by molar-refractivity contribution is 5.86. The fourth-order valence-electron chi connectivity index (χ4n) is 3.51. The van der Waals surface area contributed by atoms with Crippen LogP contribution in [0.5, 0.6) is 11.5 Å². The lowest BCUT2D eigenvalue weighted by atomic mass is 10.1. The molecule has 1 aliphatic heterocycles. The molecule has 2 aromatic rings. The number of aliphatic carboxylic acids is 1. The van der Waals surface area contributed by atoms with Gasteiger partial charge in [0.05, 0.1) is 19.6 Å². The maximum absolute atomic E-state index is 12.0. The van der Waals surface area contributed by atoms with Crippen LogP contribution in [0.25, 0.3) is 0 Å². The van der Waals surface area contributed by atoms with Crippen molar-refractivity contribution in [3.63, 3.8) is 0 Å². The number of hydrogen-bond acceptors (Lipinski definition) is 4. The zero-order valence-corrected chi connectivity index (χ0v) is 16.7. The standard InChI is InChI=1S/C23H27NO5/c1-28-20-10-9-18(11-12-24-16-19(23(26)27)15-22(24)25)14-21(20)29-13-5-8-17-6-3-2-4-7-17/h2-4,6-7,9-10,14,19H,5,8,11-13,15-16H2,1H3,(H,26,27). The predicted molar refractivity (Wildman–Crippen MR) is 109 cm³/mol.